The molecule has 2 aromatic rings. The Balaban J connectivity index is 2.03. The minimum atomic E-state index is -3.57. The number of methoxy groups -OCH3 is 1. The topological polar surface area (TPSA) is 72.5 Å². The summed E-state index contributed by atoms with van der Waals surface area (Å²) in [6.07, 6.45) is -0.194. The van der Waals surface area contributed by atoms with Crippen LogP contribution in [0.5, 0.6) is 5.75 Å². The fourth-order valence-corrected chi connectivity index (χ4v) is 3.52. The molecule has 0 spiro atoms. The Kier molecular flexibility index (Phi) is 6.10. The number of nitrogens with one attached hydrogen (secondary N) is 1. The van der Waals surface area contributed by atoms with Crippen molar-refractivity contribution >= 4 is 44.6 Å². The van der Waals surface area contributed by atoms with Crippen molar-refractivity contribution in [3.63, 3.8) is 0 Å². The van der Waals surface area contributed by atoms with Crippen molar-refractivity contribution in [1.82, 2.24) is 0 Å². The molecule has 24 heavy (non-hydrogen) atoms. The van der Waals surface area contributed by atoms with Gasteiger partial charge in [0.2, 0.25) is 5.91 Å². The van der Waals surface area contributed by atoms with Crippen LogP contribution in [0.25, 0.3) is 0 Å². The van der Waals surface area contributed by atoms with Crippen LogP contribution in [0.4, 0.5) is 5.69 Å². The van der Waals surface area contributed by atoms with Crippen molar-refractivity contribution in [3.05, 3.63) is 52.5 Å². The van der Waals surface area contributed by atoms with E-state index in [4.69, 9.17) is 27.9 Å². The highest BCUT2D eigenvalue weighted by molar-refractivity contribution is 7.91. The van der Waals surface area contributed by atoms with Gasteiger partial charge in [0.15, 0.2) is 9.84 Å². The molecule has 0 aliphatic heterocycles. The second kappa shape index (κ2) is 7.88. The third-order valence-electron chi connectivity index (χ3n) is 3.21. The normalized spacial score (nSPS) is 11.1. The van der Waals surface area contributed by atoms with Gasteiger partial charge >= 0.3 is 0 Å². The Morgan fingerprint density at radius 1 is 1.08 bits per heavy atom. The van der Waals surface area contributed by atoms with Crippen LogP contribution in [0, 0.1) is 0 Å². The number of ether oxygens (including phenoxy) is 1. The summed E-state index contributed by atoms with van der Waals surface area (Å²) in [5, 5.41) is 3.48. The van der Waals surface area contributed by atoms with Gasteiger partial charge in [0, 0.05) is 16.5 Å². The lowest BCUT2D eigenvalue weighted by Gasteiger charge is -2.10. The van der Waals surface area contributed by atoms with E-state index in [0.717, 1.165) is 0 Å². The van der Waals surface area contributed by atoms with E-state index in [-0.39, 0.29) is 17.1 Å². The SMILES string of the molecule is COc1ccc(Cl)cc1NC(=O)CCS(=O)(=O)c1ccc(Cl)cc1. The van der Waals surface area contributed by atoms with Gasteiger partial charge in [-0.2, -0.15) is 0 Å². The fourth-order valence-electron chi connectivity index (χ4n) is 1.98. The van der Waals surface area contributed by atoms with E-state index in [0.29, 0.717) is 21.5 Å². The van der Waals surface area contributed by atoms with Crippen LogP contribution in [0.15, 0.2) is 47.4 Å². The maximum absolute atomic E-state index is 12.2. The predicted molar refractivity (Wildman–Crippen MR) is 94.8 cm³/mol. The minimum absolute atomic E-state index is 0.125. The zero-order chi connectivity index (χ0) is 17.7. The number of anilines is 1. The smallest absolute Gasteiger partial charge is 0.225 e. The first-order valence-electron chi connectivity index (χ1n) is 6.93. The minimum Gasteiger partial charge on any atom is -0.495 e. The van der Waals surface area contributed by atoms with Gasteiger partial charge in [-0.15, -0.1) is 0 Å². The summed E-state index contributed by atoms with van der Waals surface area (Å²) >= 11 is 11.6. The lowest BCUT2D eigenvalue weighted by Crippen LogP contribution is -2.17. The number of carbonyl (C=O) groups excluding carboxylic acids is 1. The van der Waals surface area contributed by atoms with Crippen molar-refractivity contribution in [2.45, 2.75) is 11.3 Å². The van der Waals surface area contributed by atoms with Crippen molar-refractivity contribution in [2.75, 3.05) is 18.2 Å². The van der Waals surface area contributed by atoms with Crippen LogP contribution in [0.1, 0.15) is 6.42 Å². The lowest BCUT2D eigenvalue weighted by atomic mass is 10.3. The summed E-state index contributed by atoms with van der Waals surface area (Å²) in [5.41, 5.74) is 0.388. The number of hydrogen-bond donors (Lipinski definition) is 1. The molecule has 0 aliphatic carbocycles. The summed E-state index contributed by atoms with van der Waals surface area (Å²) in [5.74, 6) is -0.329. The third kappa shape index (κ3) is 4.87. The molecule has 2 rings (SSSR count). The first kappa shape index (κ1) is 18.6. The van der Waals surface area contributed by atoms with Crippen molar-refractivity contribution in [1.29, 1.82) is 0 Å². The monoisotopic (exact) mass is 387 g/mol. The molecule has 0 atom stereocenters. The summed E-state index contributed by atoms with van der Waals surface area (Å²) in [7, 11) is -2.10. The average Bonchev–Trinajstić information content (AvgIpc) is 2.54. The van der Waals surface area contributed by atoms with Crippen molar-refractivity contribution < 1.29 is 17.9 Å². The number of benzene rings is 2. The zero-order valence-corrected chi connectivity index (χ0v) is 15.1. The molecule has 1 amide bonds. The molecule has 1 N–H and O–H groups in total. The molecule has 0 fully saturated rings. The first-order valence-corrected chi connectivity index (χ1v) is 9.34. The molecule has 0 saturated carbocycles. The van der Waals surface area contributed by atoms with E-state index in [2.05, 4.69) is 5.32 Å². The van der Waals surface area contributed by atoms with Crippen LogP contribution in [-0.4, -0.2) is 27.2 Å². The third-order valence-corrected chi connectivity index (χ3v) is 5.43. The summed E-state index contributed by atoms with van der Waals surface area (Å²) < 4.78 is 29.5. The number of carbonyl (C=O) groups is 1. The van der Waals surface area contributed by atoms with Crippen LogP contribution >= 0.6 is 23.2 Å². The Labute approximate surface area is 150 Å². The molecular formula is C16H15Cl2NO4S. The highest BCUT2D eigenvalue weighted by Crippen LogP contribution is 2.27. The van der Waals surface area contributed by atoms with Gasteiger partial charge in [0.05, 0.1) is 23.4 Å². The van der Waals surface area contributed by atoms with Gasteiger partial charge in [0.25, 0.3) is 0 Å². The van der Waals surface area contributed by atoms with Crippen LogP contribution in [0.2, 0.25) is 10.0 Å². The number of hydrogen-bond acceptors (Lipinski definition) is 4. The van der Waals surface area contributed by atoms with Crippen LogP contribution in [0.3, 0.4) is 0 Å². The molecule has 0 heterocycles. The number of halogens is 2. The molecule has 0 aliphatic rings. The highest BCUT2D eigenvalue weighted by atomic mass is 35.5. The molecule has 128 valence electrons. The number of amides is 1. The number of rotatable bonds is 6. The Hall–Kier alpha value is -1.76. The van der Waals surface area contributed by atoms with E-state index < -0.39 is 15.7 Å². The second-order valence-electron chi connectivity index (χ2n) is 4.92. The molecule has 0 radical (unpaired) electrons. The Morgan fingerprint density at radius 3 is 2.33 bits per heavy atom. The van der Waals surface area contributed by atoms with Gasteiger partial charge in [-0.25, -0.2) is 8.42 Å². The Morgan fingerprint density at radius 2 is 1.71 bits per heavy atom. The first-order chi connectivity index (χ1) is 11.3. The molecule has 5 nitrogen and oxygen atoms in total. The maximum atomic E-state index is 12.2. The molecule has 2 aromatic carbocycles. The van der Waals surface area contributed by atoms with E-state index in [9.17, 15) is 13.2 Å². The average molecular weight is 388 g/mol. The van der Waals surface area contributed by atoms with Gasteiger partial charge in [-0.05, 0) is 42.5 Å². The summed E-state index contributed by atoms with van der Waals surface area (Å²) in [4.78, 5) is 12.2. The largest absolute Gasteiger partial charge is 0.495 e. The van der Waals surface area contributed by atoms with E-state index in [1.54, 1.807) is 12.1 Å². The lowest BCUT2D eigenvalue weighted by molar-refractivity contribution is -0.115. The van der Waals surface area contributed by atoms with Gasteiger partial charge in [-0.3, -0.25) is 4.79 Å². The standard InChI is InChI=1S/C16H15Cl2NO4S/c1-23-15-7-4-12(18)10-14(15)19-16(20)8-9-24(21,22)13-5-2-11(17)3-6-13/h2-7,10H,8-9H2,1H3,(H,19,20). The summed E-state index contributed by atoms with van der Waals surface area (Å²) in [6, 6.07) is 10.6. The van der Waals surface area contributed by atoms with Gasteiger partial charge in [-0.1, -0.05) is 23.2 Å². The quantitative estimate of drug-likeness (QED) is 0.817. The molecule has 0 bridgehead atoms. The Bertz CT molecular complexity index is 836. The molecule has 8 heteroatoms. The molecule has 0 aromatic heterocycles. The highest BCUT2D eigenvalue weighted by Gasteiger charge is 2.17. The van der Waals surface area contributed by atoms with E-state index in [1.807, 2.05) is 0 Å². The molecule has 0 saturated heterocycles. The van der Waals surface area contributed by atoms with Gasteiger partial charge in [0.1, 0.15) is 5.75 Å². The fraction of sp³-hybridized carbons (Fsp3) is 0.188. The molecule has 0 unspecified atom stereocenters. The van der Waals surface area contributed by atoms with Crippen LogP contribution in [-0.2, 0) is 14.6 Å². The van der Waals surface area contributed by atoms with Crippen molar-refractivity contribution in [2.24, 2.45) is 0 Å². The second-order valence-corrected chi connectivity index (χ2v) is 7.90. The summed E-state index contributed by atoms with van der Waals surface area (Å²) in [6.45, 7) is 0. The molecular weight excluding hydrogens is 373 g/mol. The zero-order valence-electron chi connectivity index (χ0n) is 12.8. The predicted octanol–water partition coefficient (Wildman–Crippen LogP) is 3.80. The van der Waals surface area contributed by atoms with Crippen LogP contribution < -0.4 is 10.1 Å². The number of sulfone groups is 1. The van der Waals surface area contributed by atoms with Crippen molar-refractivity contribution in [3.8, 4) is 5.75 Å². The van der Waals surface area contributed by atoms with E-state index in [1.165, 1.54) is 37.4 Å². The van der Waals surface area contributed by atoms with E-state index >= 15 is 0 Å². The maximum Gasteiger partial charge on any atom is 0.225 e. The van der Waals surface area contributed by atoms with Gasteiger partial charge < -0.3 is 10.1 Å².